The monoisotopic (exact) mass is 626 g/mol. The summed E-state index contributed by atoms with van der Waals surface area (Å²) in [6, 6.07) is 16.5. The van der Waals surface area contributed by atoms with E-state index in [1.165, 1.54) is 18.2 Å². The molecule has 0 aromatic heterocycles. The fraction of sp³-hybridized carbons (Fsp3) is 0.107. The molecule has 6 rings (SSSR count). The van der Waals surface area contributed by atoms with Gasteiger partial charge in [0, 0.05) is 50.8 Å². The van der Waals surface area contributed by atoms with E-state index in [1.54, 1.807) is 18.2 Å². The predicted octanol–water partition coefficient (Wildman–Crippen LogP) is 7.14. The molecule has 0 unspecified atom stereocenters. The molecule has 0 radical (unpaired) electrons. The Labute approximate surface area is 228 Å². The molecule has 0 fully saturated rings. The molecular weight excluding hydrogens is 608 g/mol. The lowest BCUT2D eigenvalue weighted by atomic mass is 10.0. The first-order chi connectivity index (χ1) is 17.7. The fourth-order valence-electron chi connectivity index (χ4n) is 4.29. The molecule has 4 aromatic carbocycles. The maximum atomic E-state index is 12.2. The van der Waals surface area contributed by atoms with E-state index in [4.69, 9.17) is 9.47 Å². The molecule has 9 heteroatoms. The Hall–Kier alpha value is -3.69. The minimum absolute atomic E-state index is 0.00631. The van der Waals surface area contributed by atoms with Crippen molar-refractivity contribution in [3.8, 4) is 46.0 Å². The highest BCUT2D eigenvalue weighted by atomic mass is 79.9. The molecule has 0 bridgehead atoms. The number of carbonyl (C=O) groups is 1. The normalized spacial score (nSPS) is 13.2. The van der Waals surface area contributed by atoms with Crippen molar-refractivity contribution in [1.82, 2.24) is 0 Å². The number of hydrogen-bond acceptors (Lipinski definition) is 7. The minimum atomic E-state index is -0.271. The van der Waals surface area contributed by atoms with E-state index in [9.17, 15) is 25.2 Å². The molecule has 0 saturated carbocycles. The van der Waals surface area contributed by atoms with Crippen LogP contribution in [0.2, 0.25) is 0 Å². The van der Waals surface area contributed by atoms with E-state index in [-0.39, 0.29) is 46.5 Å². The van der Waals surface area contributed by atoms with Crippen molar-refractivity contribution in [2.45, 2.75) is 19.3 Å². The van der Waals surface area contributed by atoms with Crippen LogP contribution >= 0.6 is 31.9 Å². The number of halogens is 2. The molecule has 7 nitrogen and oxygen atoms in total. The van der Waals surface area contributed by atoms with Gasteiger partial charge in [-0.15, -0.1) is 0 Å². The van der Waals surface area contributed by atoms with Gasteiger partial charge in [0.1, 0.15) is 51.6 Å². The van der Waals surface area contributed by atoms with Gasteiger partial charge >= 0.3 is 0 Å². The lowest BCUT2D eigenvalue weighted by molar-refractivity contribution is 0.0991. The van der Waals surface area contributed by atoms with Crippen molar-refractivity contribution in [2.75, 3.05) is 0 Å². The van der Waals surface area contributed by atoms with Crippen LogP contribution in [0.25, 0.3) is 0 Å². The molecule has 4 N–H and O–H groups in total. The number of benzene rings is 4. The number of phenols is 4. The highest BCUT2D eigenvalue weighted by Gasteiger charge is 2.25. The van der Waals surface area contributed by atoms with Crippen LogP contribution < -0.4 is 9.47 Å². The Kier molecular flexibility index (Phi) is 6.74. The van der Waals surface area contributed by atoms with Gasteiger partial charge in [0.15, 0.2) is 5.78 Å². The number of ketones is 1. The first-order valence-corrected chi connectivity index (χ1v) is 12.8. The van der Waals surface area contributed by atoms with E-state index in [0.29, 0.717) is 17.9 Å². The highest BCUT2D eigenvalue weighted by molar-refractivity contribution is 9.10. The van der Waals surface area contributed by atoms with Crippen molar-refractivity contribution < 1.29 is 34.7 Å². The van der Waals surface area contributed by atoms with Crippen LogP contribution in [0.5, 0.6) is 46.0 Å². The van der Waals surface area contributed by atoms with Crippen molar-refractivity contribution in [2.24, 2.45) is 0 Å². The van der Waals surface area contributed by atoms with Crippen LogP contribution in [0.15, 0.2) is 69.6 Å². The van der Waals surface area contributed by atoms with Crippen LogP contribution in [0.1, 0.15) is 27.0 Å². The molecule has 0 amide bonds. The minimum Gasteiger partial charge on any atom is -0.508 e. The van der Waals surface area contributed by atoms with Crippen LogP contribution in [0, 0.1) is 0 Å². The summed E-state index contributed by atoms with van der Waals surface area (Å²) in [7, 11) is 0. The molecule has 188 valence electrons. The van der Waals surface area contributed by atoms with E-state index >= 15 is 0 Å². The second-order valence-electron chi connectivity index (χ2n) is 8.59. The van der Waals surface area contributed by atoms with Gasteiger partial charge in [-0.2, -0.15) is 0 Å². The average molecular weight is 628 g/mol. The van der Waals surface area contributed by atoms with Gasteiger partial charge in [-0.1, -0.05) is 31.9 Å². The van der Waals surface area contributed by atoms with Crippen molar-refractivity contribution in [3.05, 3.63) is 91.9 Å². The van der Waals surface area contributed by atoms with Crippen LogP contribution in [0.3, 0.4) is 0 Å². The van der Waals surface area contributed by atoms with E-state index < -0.39 is 0 Å². The number of hydrogen-bond donors (Lipinski definition) is 4. The first-order valence-electron chi connectivity index (χ1n) is 11.2. The maximum absolute atomic E-state index is 12.2. The van der Waals surface area contributed by atoms with Gasteiger partial charge in [0.25, 0.3) is 0 Å². The molecule has 0 saturated heterocycles. The van der Waals surface area contributed by atoms with Crippen molar-refractivity contribution in [3.63, 3.8) is 0 Å². The second-order valence-corrected chi connectivity index (χ2v) is 10.4. The Bertz CT molecular complexity index is 1550. The highest BCUT2D eigenvalue weighted by Crippen LogP contribution is 2.42. The molecular formula is C28H20Br2O7. The Morgan fingerprint density at radius 2 is 1.19 bits per heavy atom. The third kappa shape index (κ3) is 5.23. The lowest BCUT2D eigenvalue weighted by Gasteiger charge is -2.10. The number of aryl methyl sites for hydroxylation is 1. The number of ether oxygens (including phenoxy) is 2. The lowest BCUT2D eigenvalue weighted by Crippen LogP contribution is -2.02. The SMILES string of the molecule is O=C1Cc2cc(Br)ccc2Oc2cc(O)cc(O)c21.Oc1cc(O)c2c(c1)Oc1ccc(Br)cc1CC2. The summed E-state index contributed by atoms with van der Waals surface area (Å²) in [5.74, 6) is 1.42. The van der Waals surface area contributed by atoms with Gasteiger partial charge in [0.05, 0.1) is 0 Å². The Balaban J connectivity index is 0.000000152. The zero-order valence-corrected chi connectivity index (χ0v) is 22.3. The molecule has 37 heavy (non-hydrogen) atoms. The van der Waals surface area contributed by atoms with Gasteiger partial charge < -0.3 is 29.9 Å². The largest absolute Gasteiger partial charge is 0.508 e. The zero-order valence-electron chi connectivity index (χ0n) is 19.2. The molecule has 2 aliphatic heterocycles. The van der Waals surface area contributed by atoms with Gasteiger partial charge in [-0.25, -0.2) is 0 Å². The molecule has 0 aliphatic carbocycles. The predicted molar refractivity (Wildman–Crippen MR) is 143 cm³/mol. The number of rotatable bonds is 0. The third-order valence-corrected chi connectivity index (χ3v) is 6.98. The van der Waals surface area contributed by atoms with E-state index in [1.807, 2.05) is 18.2 Å². The maximum Gasteiger partial charge on any atom is 0.174 e. The van der Waals surface area contributed by atoms with Gasteiger partial charge in [-0.3, -0.25) is 4.79 Å². The van der Waals surface area contributed by atoms with Gasteiger partial charge in [0.2, 0.25) is 0 Å². The third-order valence-electron chi connectivity index (χ3n) is 6.00. The quantitative estimate of drug-likeness (QED) is 0.164. The average Bonchev–Trinajstić information content (AvgIpc) is 3.08. The summed E-state index contributed by atoms with van der Waals surface area (Å²) >= 11 is 6.77. The first kappa shape index (κ1) is 25.0. The topological polar surface area (TPSA) is 116 Å². The Morgan fingerprint density at radius 1 is 0.622 bits per heavy atom. The van der Waals surface area contributed by atoms with Crippen molar-refractivity contribution in [1.29, 1.82) is 0 Å². The number of carbonyl (C=O) groups excluding carboxylic acids is 1. The summed E-state index contributed by atoms with van der Waals surface area (Å²) in [6.07, 6.45) is 1.62. The summed E-state index contributed by atoms with van der Waals surface area (Å²) in [4.78, 5) is 12.2. The number of aromatic hydroxyl groups is 4. The summed E-state index contributed by atoms with van der Waals surface area (Å²) in [5.41, 5.74) is 2.65. The Morgan fingerprint density at radius 3 is 1.89 bits per heavy atom. The molecule has 2 aliphatic rings. The van der Waals surface area contributed by atoms with E-state index in [2.05, 4.69) is 31.9 Å². The van der Waals surface area contributed by atoms with Gasteiger partial charge in [-0.05, 0) is 54.8 Å². The van der Waals surface area contributed by atoms with Crippen molar-refractivity contribution >= 4 is 37.6 Å². The molecule has 4 aromatic rings. The van der Waals surface area contributed by atoms with Crippen LogP contribution in [-0.4, -0.2) is 26.2 Å². The van der Waals surface area contributed by atoms with E-state index in [0.717, 1.165) is 43.9 Å². The molecule has 2 heterocycles. The standard InChI is InChI=1S/C14H9BrO4.C14H11BrO3/c15-8-1-2-12-7(3-8)4-10(17)14-11(18)5-9(16)6-13(14)19-12;15-9-2-4-13-8(5-9)1-3-11-12(17)6-10(16)7-14(11)18-13/h1-3,5-6,16,18H,4H2;2,4-7,16-17H,1,3H2. The molecule has 0 spiro atoms. The summed E-state index contributed by atoms with van der Waals surface area (Å²) in [5, 5.41) is 38.6. The number of Topliss-reactive ketones (excluding diaryl/α,β-unsaturated/α-hetero) is 1. The summed E-state index contributed by atoms with van der Waals surface area (Å²) in [6.45, 7) is 0. The fourth-order valence-corrected chi connectivity index (χ4v) is 5.11. The smallest absolute Gasteiger partial charge is 0.174 e. The zero-order chi connectivity index (χ0) is 26.3. The molecule has 0 atom stereocenters. The summed E-state index contributed by atoms with van der Waals surface area (Å²) < 4.78 is 13.3. The van der Waals surface area contributed by atoms with Crippen LogP contribution in [0.4, 0.5) is 0 Å². The van der Waals surface area contributed by atoms with Crippen LogP contribution in [-0.2, 0) is 19.3 Å². The number of fused-ring (bicyclic) bond motifs is 4. The number of phenolic OH excluding ortho intramolecular Hbond substituents is 4. The second kappa shape index (κ2) is 9.99.